The van der Waals surface area contributed by atoms with Crippen LogP contribution in [0.3, 0.4) is 0 Å². The van der Waals surface area contributed by atoms with E-state index in [0.717, 1.165) is 5.56 Å². The number of methoxy groups -OCH3 is 1. The number of ether oxygens (including phenoxy) is 2. The normalized spacial score (nSPS) is 10.8. The molecule has 0 atom stereocenters. The molecular weight excluding hydrogens is 391 g/mol. The lowest BCUT2D eigenvalue weighted by Gasteiger charge is -2.12. The van der Waals surface area contributed by atoms with Gasteiger partial charge in [-0.1, -0.05) is 32.0 Å². The number of amides is 1. The molecule has 1 N–H and O–H groups in total. The van der Waals surface area contributed by atoms with Gasteiger partial charge in [0.2, 0.25) is 0 Å². The summed E-state index contributed by atoms with van der Waals surface area (Å²) in [6.45, 7) is 4.77. The van der Waals surface area contributed by atoms with Crippen LogP contribution in [0.15, 0.2) is 47.8 Å². The highest BCUT2D eigenvalue weighted by Gasteiger charge is 2.14. The quantitative estimate of drug-likeness (QED) is 0.568. The Labute approximate surface area is 173 Å². The van der Waals surface area contributed by atoms with E-state index in [1.165, 1.54) is 17.4 Å². The number of nitrogens with one attached hydrogen (secondary N) is 1. The lowest BCUT2D eigenvalue weighted by atomic mass is 10.2. The van der Waals surface area contributed by atoms with Crippen LogP contribution < -0.4 is 14.8 Å². The summed E-state index contributed by atoms with van der Waals surface area (Å²) in [5.74, 6) is 0.899. The second-order valence-corrected chi connectivity index (χ2v) is 7.75. The summed E-state index contributed by atoms with van der Waals surface area (Å²) in [6.07, 6.45) is 0. The van der Waals surface area contributed by atoms with Crippen molar-refractivity contribution in [2.24, 2.45) is 5.92 Å². The van der Waals surface area contributed by atoms with Crippen LogP contribution in [0.4, 0.5) is 4.39 Å². The summed E-state index contributed by atoms with van der Waals surface area (Å²) >= 11 is 1.38. The fraction of sp³-hybridized carbons (Fsp3) is 0.273. The third-order valence-electron chi connectivity index (χ3n) is 4.16. The maximum absolute atomic E-state index is 13.8. The largest absolute Gasteiger partial charge is 0.493 e. The molecule has 0 unspecified atom stereocenters. The summed E-state index contributed by atoms with van der Waals surface area (Å²) in [5, 5.41) is 5.30. The zero-order valence-corrected chi connectivity index (χ0v) is 17.4. The molecule has 0 radical (unpaired) electrons. The topological polar surface area (TPSA) is 60.5 Å². The SMILES string of the molecule is COc1cc(-c2nc(C(=O)NCC(C)C)cs2)ccc1OCc1ccccc1F. The lowest BCUT2D eigenvalue weighted by Crippen LogP contribution is -2.27. The Bertz CT molecular complexity index is 988. The minimum atomic E-state index is -0.311. The molecule has 0 saturated carbocycles. The first-order valence-electron chi connectivity index (χ1n) is 9.26. The van der Waals surface area contributed by atoms with Crippen molar-refractivity contribution in [1.82, 2.24) is 10.3 Å². The van der Waals surface area contributed by atoms with Crippen molar-refractivity contribution in [2.45, 2.75) is 20.5 Å². The van der Waals surface area contributed by atoms with Crippen LogP contribution in [0.25, 0.3) is 10.6 Å². The summed E-state index contributed by atoms with van der Waals surface area (Å²) < 4.78 is 24.9. The number of hydrogen-bond acceptors (Lipinski definition) is 5. The summed E-state index contributed by atoms with van der Waals surface area (Å²) in [4.78, 5) is 16.6. The van der Waals surface area contributed by atoms with E-state index in [2.05, 4.69) is 10.3 Å². The van der Waals surface area contributed by atoms with Crippen LogP contribution in [-0.4, -0.2) is 24.5 Å². The monoisotopic (exact) mass is 414 g/mol. The van der Waals surface area contributed by atoms with Crippen molar-refractivity contribution in [3.63, 3.8) is 0 Å². The van der Waals surface area contributed by atoms with Gasteiger partial charge < -0.3 is 14.8 Å². The molecule has 0 aliphatic carbocycles. The molecule has 0 bridgehead atoms. The molecule has 29 heavy (non-hydrogen) atoms. The predicted octanol–water partition coefficient (Wildman–Crippen LogP) is 4.92. The molecule has 0 aliphatic heterocycles. The number of benzene rings is 2. The number of rotatable bonds is 8. The van der Waals surface area contributed by atoms with Crippen molar-refractivity contribution >= 4 is 17.2 Å². The van der Waals surface area contributed by atoms with E-state index in [0.29, 0.717) is 40.2 Å². The maximum atomic E-state index is 13.8. The Morgan fingerprint density at radius 1 is 1.21 bits per heavy atom. The van der Waals surface area contributed by atoms with E-state index in [4.69, 9.17) is 9.47 Å². The first-order valence-corrected chi connectivity index (χ1v) is 10.1. The first kappa shape index (κ1) is 20.8. The van der Waals surface area contributed by atoms with E-state index >= 15 is 0 Å². The van der Waals surface area contributed by atoms with Gasteiger partial charge in [-0.2, -0.15) is 0 Å². The van der Waals surface area contributed by atoms with E-state index in [-0.39, 0.29) is 18.3 Å². The van der Waals surface area contributed by atoms with E-state index in [1.54, 1.807) is 42.8 Å². The second kappa shape index (κ2) is 9.52. The Balaban J connectivity index is 1.73. The van der Waals surface area contributed by atoms with Gasteiger partial charge in [-0.3, -0.25) is 4.79 Å². The van der Waals surface area contributed by atoms with Crippen molar-refractivity contribution in [1.29, 1.82) is 0 Å². The zero-order valence-electron chi connectivity index (χ0n) is 16.6. The summed E-state index contributed by atoms with van der Waals surface area (Å²) in [6, 6.07) is 11.9. The zero-order chi connectivity index (χ0) is 20.8. The molecule has 152 valence electrons. The Morgan fingerprint density at radius 3 is 2.72 bits per heavy atom. The number of aromatic nitrogens is 1. The fourth-order valence-electron chi connectivity index (χ4n) is 2.59. The Kier molecular flexibility index (Phi) is 6.82. The van der Waals surface area contributed by atoms with Crippen molar-refractivity contribution in [3.8, 4) is 22.1 Å². The van der Waals surface area contributed by atoms with Crippen LogP contribution in [0.2, 0.25) is 0 Å². The standard InChI is InChI=1S/C22H23FN2O3S/c1-14(2)11-24-21(26)18-13-29-22(25-18)15-8-9-19(20(10-15)27-3)28-12-16-6-4-5-7-17(16)23/h4-10,13-14H,11-12H2,1-3H3,(H,24,26). The summed E-state index contributed by atoms with van der Waals surface area (Å²) in [5.41, 5.74) is 1.67. The number of carbonyl (C=O) groups is 1. The number of thiazole rings is 1. The Morgan fingerprint density at radius 2 is 2.00 bits per heavy atom. The van der Waals surface area contributed by atoms with Gasteiger partial charge in [-0.05, 0) is 30.2 Å². The number of halogens is 1. The number of carbonyl (C=O) groups excluding carboxylic acids is 1. The van der Waals surface area contributed by atoms with Gasteiger partial charge in [0.05, 0.1) is 7.11 Å². The molecule has 1 amide bonds. The molecule has 0 aliphatic rings. The minimum absolute atomic E-state index is 0.0970. The van der Waals surface area contributed by atoms with E-state index in [1.807, 2.05) is 19.9 Å². The smallest absolute Gasteiger partial charge is 0.270 e. The highest BCUT2D eigenvalue weighted by Crippen LogP contribution is 2.34. The van der Waals surface area contributed by atoms with Gasteiger partial charge in [0.25, 0.3) is 5.91 Å². The molecule has 3 rings (SSSR count). The Hall–Kier alpha value is -2.93. The third kappa shape index (κ3) is 5.32. The van der Waals surface area contributed by atoms with Crippen LogP contribution in [0.1, 0.15) is 29.9 Å². The molecule has 2 aromatic carbocycles. The molecule has 0 fully saturated rings. The number of nitrogens with zero attached hydrogens (tertiary/aromatic N) is 1. The molecule has 5 nitrogen and oxygen atoms in total. The van der Waals surface area contributed by atoms with Gasteiger partial charge in [0.15, 0.2) is 11.5 Å². The minimum Gasteiger partial charge on any atom is -0.493 e. The third-order valence-corrected chi connectivity index (χ3v) is 5.05. The van der Waals surface area contributed by atoms with Crippen LogP contribution in [0, 0.1) is 11.7 Å². The van der Waals surface area contributed by atoms with Crippen molar-refractivity contribution in [3.05, 3.63) is 64.9 Å². The fourth-order valence-corrected chi connectivity index (χ4v) is 3.39. The molecule has 3 aromatic rings. The lowest BCUT2D eigenvalue weighted by molar-refractivity contribution is 0.0945. The van der Waals surface area contributed by atoms with Gasteiger partial charge >= 0.3 is 0 Å². The predicted molar refractivity (Wildman–Crippen MR) is 112 cm³/mol. The molecule has 0 saturated heterocycles. The average molecular weight is 415 g/mol. The van der Waals surface area contributed by atoms with Gasteiger partial charge in [0.1, 0.15) is 23.1 Å². The first-order chi connectivity index (χ1) is 14.0. The van der Waals surface area contributed by atoms with Gasteiger partial charge in [0, 0.05) is 23.1 Å². The highest BCUT2D eigenvalue weighted by molar-refractivity contribution is 7.13. The highest BCUT2D eigenvalue weighted by atomic mass is 32.1. The molecule has 1 aromatic heterocycles. The molecule has 1 heterocycles. The van der Waals surface area contributed by atoms with Crippen LogP contribution in [-0.2, 0) is 6.61 Å². The molecule has 7 heteroatoms. The van der Waals surface area contributed by atoms with E-state index in [9.17, 15) is 9.18 Å². The summed E-state index contributed by atoms with van der Waals surface area (Å²) in [7, 11) is 1.54. The van der Waals surface area contributed by atoms with Crippen LogP contribution in [0.5, 0.6) is 11.5 Å². The number of hydrogen-bond donors (Lipinski definition) is 1. The van der Waals surface area contributed by atoms with Crippen molar-refractivity contribution in [2.75, 3.05) is 13.7 Å². The van der Waals surface area contributed by atoms with Gasteiger partial charge in [-0.25, -0.2) is 9.37 Å². The van der Waals surface area contributed by atoms with Crippen LogP contribution >= 0.6 is 11.3 Å². The second-order valence-electron chi connectivity index (χ2n) is 6.89. The molecule has 0 spiro atoms. The van der Waals surface area contributed by atoms with E-state index < -0.39 is 0 Å². The average Bonchev–Trinajstić information content (AvgIpc) is 3.21. The van der Waals surface area contributed by atoms with Crippen molar-refractivity contribution < 1.29 is 18.7 Å². The molecular formula is C22H23FN2O3S. The van der Waals surface area contributed by atoms with Gasteiger partial charge in [-0.15, -0.1) is 11.3 Å². The maximum Gasteiger partial charge on any atom is 0.270 e.